The molecule has 0 N–H and O–H groups in total. The van der Waals surface area contributed by atoms with Gasteiger partial charge in [-0.15, -0.1) is 0 Å². The summed E-state index contributed by atoms with van der Waals surface area (Å²) in [5, 5.41) is 7.85. The maximum Gasteiger partial charge on any atom is 0.0540 e. The van der Waals surface area contributed by atoms with Crippen molar-refractivity contribution in [3.05, 3.63) is 199 Å². The highest BCUT2D eigenvalue weighted by Gasteiger charge is 2.36. The highest BCUT2D eigenvalue weighted by molar-refractivity contribution is 6.12. The average molecular weight is 746 g/mol. The third kappa shape index (κ3) is 5.59. The molecule has 0 amide bonds. The predicted octanol–water partition coefficient (Wildman–Crippen LogP) is 16.3. The molecule has 0 heterocycles. The van der Waals surface area contributed by atoms with Crippen LogP contribution < -0.4 is 4.90 Å². The van der Waals surface area contributed by atoms with Crippen molar-refractivity contribution in [3.8, 4) is 33.4 Å². The number of fused-ring (bicyclic) bond motifs is 7. The predicted molar refractivity (Wildman–Crippen MR) is 248 cm³/mol. The fourth-order valence-electron chi connectivity index (χ4n) is 10.6. The summed E-state index contributed by atoms with van der Waals surface area (Å²) in [5.74, 6) is 0.594. The van der Waals surface area contributed by atoms with E-state index in [2.05, 4.69) is 201 Å². The van der Waals surface area contributed by atoms with Crippen LogP contribution in [-0.4, -0.2) is 0 Å². The molecule has 0 radical (unpaired) electrons. The van der Waals surface area contributed by atoms with Crippen molar-refractivity contribution < 1.29 is 0 Å². The van der Waals surface area contributed by atoms with E-state index in [0.717, 1.165) is 5.69 Å². The Bertz CT molecular complexity index is 3030. The van der Waals surface area contributed by atoms with E-state index in [-0.39, 0.29) is 5.41 Å². The molecular formula is C57H47N. The highest BCUT2D eigenvalue weighted by atomic mass is 15.1. The molecule has 0 aromatic heterocycles. The summed E-state index contributed by atoms with van der Waals surface area (Å²) in [4.78, 5) is 2.53. The second kappa shape index (κ2) is 13.9. The SMILES string of the molecule is CC1(C)c2ccccc2-c2ccc(N(c3cccc(-c4cccc5c4ccc4ccccc45)c3)c3ccccc3-c3cccc4cccc(C5CCCCC5)c34)cc21. The summed E-state index contributed by atoms with van der Waals surface area (Å²) in [6.45, 7) is 4.76. The lowest BCUT2D eigenvalue weighted by molar-refractivity contribution is 0.445. The Morgan fingerprint density at radius 3 is 1.98 bits per heavy atom. The molecule has 0 atom stereocenters. The van der Waals surface area contributed by atoms with Gasteiger partial charge in [0, 0.05) is 22.4 Å². The van der Waals surface area contributed by atoms with Crippen LogP contribution in [0.4, 0.5) is 17.1 Å². The maximum atomic E-state index is 2.53. The van der Waals surface area contributed by atoms with Gasteiger partial charge in [0.05, 0.1) is 5.69 Å². The molecule has 2 aliphatic rings. The lowest BCUT2D eigenvalue weighted by Crippen LogP contribution is -2.17. The zero-order valence-corrected chi connectivity index (χ0v) is 33.4. The summed E-state index contributed by atoms with van der Waals surface area (Å²) >= 11 is 0. The number of para-hydroxylation sites is 1. The third-order valence-electron chi connectivity index (χ3n) is 13.4. The Balaban J connectivity index is 1.14. The van der Waals surface area contributed by atoms with E-state index in [9.17, 15) is 0 Å². The summed E-state index contributed by atoms with van der Waals surface area (Å²) < 4.78 is 0. The number of hydrogen-bond acceptors (Lipinski definition) is 1. The van der Waals surface area contributed by atoms with Crippen LogP contribution >= 0.6 is 0 Å². The van der Waals surface area contributed by atoms with Crippen molar-refractivity contribution in [2.24, 2.45) is 0 Å². The summed E-state index contributed by atoms with van der Waals surface area (Å²) in [6.07, 6.45) is 6.52. The highest BCUT2D eigenvalue weighted by Crippen LogP contribution is 2.52. The Kier molecular flexibility index (Phi) is 8.33. The van der Waals surface area contributed by atoms with Crippen molar-refractivity contribution in [1.29, 1.82) is 0 Å². The Hall–Kier alpha value is -6.44. The van der Waals surface area contributed by atoms with Gasteiger partial charge in [-0.25, -0.2) is 0 Å². The molecule has 0 spiro atoms. The first kappa shape index (κ1) is 34.8. The third-order valence-corrected chi connectivity index (χ3v) is 13.4. The van der Waals surface area contributed by atoms with Gasteiger partial charge < -0.3 is 4.90 Å². The zero-order valence-electron chi connectivity index (χ0n) is 33.4. The summed E-state index contributed by atoms with van der Waals surface area (Å²) in [5.41, 5.74) is 15.3. The monoisotopic (exact) mass is 745 g/mol. The number of hydrogen-bond donors (Lipinski definition) is 0. The fraction of sp³-hybridized carbons (Fsp3) is 0.158. The average Bonchev–Trinajstić information content (AvgIpc) is 3.51. The lowest BCUT2D eigenvalue weighted by atomic mass is 9.80. The number of benzene rings is 9. The smallest absolute Gasteiger partial charge is 0.0540 e. The fourth-order valence-corrected chi connectivity index (χ4v) is 10.6. The first-order valence-electron chi connectivity index (χ1n) is 21.2. The van der Waals surface area contributed by atoms with E-state index < -0.39 is 0 Å². The van der Waals surface area contributed by atoms with Gasteiger partial charge in [0.15, 0.2) is 0 Å². The normalized spacial score (nSPS) is 14.8. The second-order valence-corrected chi connectivity index (χ2v) is 17.1. The molecule has 280 valence electrons. The van der Waals surface area contributed by atoms with Gasteiger partial charge in [-0.05, 0) is 126 Å². The number of anilines is 3. The maximum absolute atomic E-state index is 2.53. The van der Waals surface area contributed by atoms with E-state index >= 15 is 0 Å². The topological polar surface area (TPSA) is 3.24 Å². The van der Waals surface area contributed by atoms with Crippen LogP contribution in [0.5, 0.6) is 0 Å². The Labute approximate surface area is 342 Å². The summed E-state index contributed by atoms with van der Waals surface area (Å²) in [7, 11) is 0. The van der Waals surface area contributed by atoms with E-state index in [1.807, 2.05) is 0 Å². The van der Waals surface area contributed by atoms with Crippen molar-refractivity contribution in [1.82, 2.24) is 0 Å². The summed E-state index contributed by atoms with van der Waals surface area (Å²) in [6, 6.07) is 68.5. The first-order valence-corrected chi connectivity index (χ1v) is 21.2. The number of rotatable bonds is 6. The molecule has 1 fully saturated rings. The largest absolute Gasteiger partial charge is 0.310 e. The number of nitrogens with zero attached hydrogens (tertiary/aromatic N) is 1. The molecule has 9 aromatic carbocycles. The van der Waals surface area contributed by atoms with Gasteiger partial charge in [0.2, 0.25) is 0 Å². The van der Waals surface area contributed by atoms with Crippen molar-refractivity contribution in [2.45, 2.75) is 57.3 Å². The molecule has 0 bridgehead atoms. The van der Waals surface area contributed by atoms with Crippen molar-refractivity contribution in [2.75, 3.05) is 4.90 Å². The Morgan fingerprint density at radius 2 is 1.09 bits per heavy atom. The minimum Gasteiger partial charge on any atom is -0.310 e. The molecule has 11 rings (SSSR count). The molecule has 2 aliphatic carbocycles. The zero-order chi connectivity index (χ0) is 38.8. The minimum atomic E-state index is -0.120. The Morgan fingerprint density at radius 1 is 0.431 bits per heavy atom. The minimum absolute atomic E-state index is 0.120. The molecule has 9 aromatic rings. The van der Waals surface area contributed by atoms with Gasteiger partial charge in [-0.3, -0.25) is 0 Å². The van der Waals surface area contributed by atoms with Gasteiger partial charge >= 0.3 is 0 Å². The van der Waals surface area contributed by atoms with E-state index in [4.69, 9.17) is 0 Å². The van der Waals surface area contributed by atoms with E-state index in [0.29, 0.717) is 5.92 Å². The van der Waals surface area contributed by atoms with E-state index in [1.165, 1.54) is 126 Å². The van der Waals surface area contributed by atoms with Crippen LogP contribution in [0.2, 0.25) is 0 Å². The molecule has 1 heteroatoms. The molecule has 0 unspecified atom stereocenters. The van der Waals surface area contributed by atoms with Gasteiger partial charge in [0.1, 0.15) is 0 Å². The van der Waals surface area contributed by atoms with Crippen LogP contribution in [0, 0.1) is 0 Å². The molecule has 1 saturated carbocycles. The van der Waals surface area contributed by atoms with Crippen LogP contribution in [0.25, 0.3) is 65.7 Å². The van der Waals surface area contributed by atoms with Gasteiger partial charge in [0.25, 0.3) is 0 Å². The van der Waals surface area contributed by atoms with Crippen LogP contribution in [-0.2, 0) is 5.41 Å². The quantitative estimate of drug-likeness (QED) is 0.153. The van der Waals surface area contributed by atoms with Crippen molar-refractivity contribution >= 4 is 49.4 Å². The molecular weight excluding hydrogens is 699 g/mol. The molecule has 58 heavy (non-hydrogen) atoms. The molecule has 1 nitrogen and oxygen atoms in total. The van der Waals surface area contributed by atoms with Crippen LogP contribution in [0.3, 0.4) is 0 Å². The van der Waals surface area contributed by atoms with Crippen LogP contribution in [0.1, 0.15) is 68.6 Å². The van der Waals surface area contributed by atoms with E-state index in [1.54, 1.807) is 0 Å². The van der Waals surface area contributed by atoms with Crippen LogP contribution in [0.15, 0.2) is 182 Å². The van der Waals surface area contributed by atoms with Gasteiger partial charge in [-0.2, -0.15) is 0 Å². The molecule has 0 aliphatic heterocycles. The van der Waals surface area contributed by atoms with Gasteiger partial charge in [-0.1, -0.05) is 185 Å². The standard InChI is InChI=1S/C57H47N/c1-57(2)53-30-10-8-24-49(53)50-35-33-43(37-54(50)57)58(42-22-12-21-41(36-42)45-26-15-28-47-44-23-7-6-18-39(44)32-34-48(45)47)55-31-11-9-25-51(55)52-29-14-20-40-19-13-27-46(56(40)52)38-16-4-3-5-17-38/h6-15,18-38H,3-5,16-17H2,1-2H3. The lowest BCUT2D eigenvalue weighted by Gasteiger charge is -2.31. The first-order chi connectivity index (χ1) is 28.5. The van der Waals surface area contributed by atoms with Crippen molar-refractivity contribution in [3.63, 3.8) is 0 Å². The second-order valence-electron chi connectivity index (χ2n) is 17.1. The molecule has 0 saturated heterocycles.